The first-order valence-corrected chi connectivity index (χ1v) is 9.69. The summed E-state index contributed by atoms with van der Waals surface area (Å²) < 4.78 is 1.93. The van der Waals surface area contributed by atoms with Crippen molar-refractivity contribution in [2.75, 3.05) is 5.32 Å². The molecular weight excluding hydrogens is 372 g/mol. The summed E-state index contributed by atoms with van der Waals surface area (Å²) in [6, 6.07) is 15.4. The van der Waals surface area contributed by atoms with E-state index in [1.165, 1.54) is 11.3 Å². The molecule has 0 atom stereocenters. The Kier molecular flexibility index (Phi) is 4.94. The van der Waals surface area contributed by atoms with Crippen molar-refractivity contribution in [3.63, 3.8) is 0 Å². The highest BCUT2D eigenvalue weighted by Crippen LogP contribution is 2.23. The SMILES string of the molecule is CC(C)n1cnnc1-c1cccc(NC(=O)c2nc(-c3ccccc3)cs2)n1. The van der Waals surface area contributed by atoms with Gasteiger partial charge in [-0.2, -0.15) is 0 Å². The Bertz CT molecular complexity index is 1100. The van der Waals surface area contributed by atoms with E-state index in [1.54, 1.807) is 12.4 Å². The number of hydrogen-bond donors (Lipinski definition) is 1. The zero-order valence-corrected chi connectivity index (χ0v) is 16.2. The molecule has 0 bridgehead atoms. The van der Waals surface area contributed by atoms with Crippen LogP contribution < -0.4 is 5.32 Å². The first-order chi connectivity index (χ1) is 13.6. The molecule has 0 aliphatic heterocycles. The van der Waals surface area contributed by atoms with E-state index in [1.807, 2.05) is 66.3 Å². The first kappa shape index (κ1) is 18.0. The van der Waals surface area contributed by atoms with Crippen LogP contribution in [0.25, 0.3) is 22.8 Å². The smallest absolute Gasteiger partial charge is 0.285 e. The van der Waals surface area contributed by atoms with Gasteiger partial charge in [-0.15, -0.1) is 21.5 Å². The number of thiazole rings is 1. The van der Waals surface area contributed by atoms with Crippen LogP contribution >= 0.6 is 11.3 Å². The van der Waals surface area contributed by atoms with Crippen molar-refractivity contribution in [1.29, 1.82) is 0 Å². The molecule has 0 saturated carbocycles. The van der Waals surface area contributed by atoms with Gasteiger partial charge in [0.2, 0.25) is 0 Å². The maximum atomic E-state index is 12.6. The zero-order valence-electron chi connectivity index (χ0n) is 15.4. The number of rotatable bonds is 5. The molecule has 0 unspecified atom stereocenters. The van der Waals surface area contributed by atoms with Crippen molar-refractivity contribution in [2.24, 2.45) is 0 Å². The fraction of sp³-hybridized carbons (Fsp3) is 0.150. The Morgan fingerprint density at radius 1 is 1.04 bits per heavy atom. The third-order valence-electron chi connectivity index (χ3n) is 4.12. The van der Waals surface area contributed by atoms with Crippen LogP contribution in [0.1, 0.15) is 29.7 Å². The second-order valence-electron chi connectivity index (χ2n) is 6.42. The fourth-order valence-corrected chi connectivity index (χ4v) is 3.44. The van der Waals surface area contributed by atoms with Crippen molar-refractivity contribution < 1.29 is 4.79 Å². The van der Waals surface area contributed by atoms with Crippen LogP contribution in [0.4, 0.5) is 5.82 Å². The topological polar surface area (TPSA) is 85.6 Å². The van der Waals surface area contributed by atoms with Crippen molar-refractivity contribution in [1.82, 2.24) is 24.7 Å². The number of carbonyl (C=O) groups excluding carboxylic acids is 1. The van der Waals surface area contributed by atoms with Crippen LogP contribution in [-0.4, -0.2) is 30.6 Å². The maximum Gasteiger partial charge on any atom is 0.285 e. The van der Waals surface area contributed by atoms with Gasteiger partial charge in [0.25, 0.3) is 5.91 Å². The average molecular weight is 390 g/mol. The number of amides is 1. The molecule has 0 spiro atoms. The van der Waals surface area contributed by atoms with E-state index in [0.717, 1.165) is 11.3 Å². The summed E-state index contributed by atoms with van der Waals surface area (Å²) in [5.74, 6) is 0.811. The molecule has 8 heteroatoms. The third kappa shape index (κ3) is 3.67. The molecule has 0 aliphatic carbocycles. The average Bonchev–Trinajstić information content (AvgIpc) is 3.39. The van der Waals surface area contributed by atoms with E-state index in [9.17, 15) is 4.79 Å². The van der Waals surface area contributed by atoms with Crippen LogP contribution in [0.3, 0.4) is 0 Å². The van der Waals surface area contributed by atoms with Crippen LogP contribution in [0.15, 0.2) is 60.2 Å². The molecule has 0 radical (unpaired) electrons. The van der Waals surface area contributed by atoms with Crippen LogP contribution in [0, 0.1) is 0 Å². The number of nitrogens with zero attached hydrogens (tertiary/aromatic N) is 5. The summed E-state index contributed by atoms with van der Waals surface area (Å²) >= 11 is 1.30. The number of aromatic nitrogens is 5. The molecule has 140 valence electrons. The van der Waals surface area contributed by atoms with Crippen LogP contribution in [0.2, 0.25) is 0 Å². The summed E-state index contributed by atoms with van der Waals surface area (Å²) in [6.07, 6.45) is 1.67. The Morgan fingerprint density at radius 3 is 2.64 bits per heavy atom. The Morgan fingerprint density at radius 2 is 1.86 bits per heavy atom. The molecule has 0 aliphatic rings. The molecule has 4 aromatic rings. The second-order valence-corrected chi connectivity index (χ2v) is 7.28. The monoisotopic (exact) mass is 390 g/mol. The summed E-state index contributed by atoms with van der Waals surface area (Å²) in [5, 5.41) is 13.2. The molecule has 1 aromatic carbocycles. The van der Waals surface area contributed by atoms with Gasteiger partial charge in [0.1, 0.15) is 17.8 Å². The Hall–Kier alpha value is -3.39. The molecule has 28 heavy (non-hydrogen) atoms. The van der Waals surface area contributed by atoms with Crippen LogP contribution in [-0.2, 0) is 0 Å². The van der Waals surface area contributed by atoms with Gasteiger partial charge in [-0.1, -0.05) is 36.4 Å². The fourth-order valence-electron chi connectivity index (χ4n) is 2.72. The third-order valence-corrected chi connectivity index (χ3v) is 4.96. The minimum absolute atomic E-state index is 0.205. The van der Waals surface area contributed by atoms with E-state index in [4.69, 9.17) is 0 Å². The van der Waals surface area contributed by atoms with Gasteiger partial charge in [0.05, 0.1) is 5.69 Å². The quantitative estimate of drug-likeness (QED) is 0.549. The predicted octanol–water partition coefficient (Wildman–Crippen LogP) is 4.30. The van der Waals surface area contributed by atoms with Crippen LogP contribution in [0.5, 0.6) is 0 Å². The Labute approximate surface area is 166 Å². The molecule has 1 amide bonds. The Balaban J connectivity index is 1.54. The molecule has 7 nitrogen and oxygen atoms in total. The van der Waals surface area contributed by atoms with E-state index in [-0.39, 0.29) is 11.9 Å². The maximum absolute atomic E-state index is 12.6. The number of carbonyl (C=O) groups is 1. The van der Waals surface area contributed by atoms with Gasteiger partial charge in [-0.05, 0) is 26.0 Å². The van der Waals surface area contributed by atoms with Gasteiger partial charge in [0.15, 0.2) is 10.8 Å². The van der Waals surface area contributed by atoms with Gasteiger partial charge in [-0.3, -0.25) is 4.79 Å². The van der Waals surface area contributed by atoms with Gasteiger partial charge in [0, 0.05) is 17.0 Å². The summed E-state index contributed by atoms with van der Waals surface area (Å²) in [4.78, 5) is 21.5. The number of hydrogen-bond acceptors (Lipinski definition) is 6. The van der Waals surface area contributed by atoms with Gasteiger partial charge < -0.3 is 9.88 Å². The van der Waals surface area contributed by atoms with Crippen molar-refractivity contribution in [2.45, 2.75) is 19.9 Å². The largest absolute Gasteiger partial charge is 0.310 e. The van der Waals surface area contributed by atoms with Crippen molar-refractivity contribution in [3.8, 4) is 22.8 Å². The molecule has 4 rings (SSSR count). The number of nitrogens with one attached hydrogen (secondary N) is 1. The highest BCUT2D eigenvalue weighted by molar-refractivity contribution is 7.12. The first-order valence-electron chi connectivity index (χ1n) is 8.81. The standard InChI is InChI=1S/C20H18N6OS/c1-13(2)26-12-21-25-18(26)15-9-6-10-17(22-15)24-19(27)20-23-16(11-28-20)14-7-4-3-5-8-14/h3-13H,1-2H3,(H,22,24,27). The molecule has 3 heterocycles. The minimum Gasteiger partial charge on any atom is -0.310 e. The number of anilines is 1. The highest BCUT2D eigenvalue weighted by atomic mass is 32.1. The summed E-state index contributed by atoms with van der Waals surface area (Å²) in [6.45, 7) is 4.09. The molecular formula is C20H18N6OS. The lowest BCUT2D eigenvalue weighted by Gasteiger charge is -2.10. The zero-order chi connectivity index (χ0) is 19.5. The van der Waals surface area contributed by atoms with E-state index >= 15 is 0 Å². The van der Waals surface area contributed by atoms with E-state index in [2.05, 4.69) is 25.5 Å². The lowest BCUT2D eigenvalue weighted by molar-refractivity contribution is 0.102. The second kappa shape index (κ2) is 7.69. The van der Waals surface area contributed by atoms with Crippen molar-refractivity contribution in [3.05, 3.63) is 65.2 Å². The normalized spacial score (nSPS) is 11.0. The van der Waals surface area contributed by atoms with E-state index < -0.39 is 0 Å². The molecule has 0 fully saturated rings. The summed E-state index contributed by atoms with van der Waals surface area (Å²) in [7, 11) is 0. The van der Waals surface area contributed by atoms with Crippen molar-refractivity contribution >= 4 is 23.1 Å². The van der Waals surface area contributed by atoms with Gasteiger partial charge >= 0.3 is 0 Å². The van der Waals surface area contributed by atoms with Gasteiger partial charge in [-0.25, -0.2) is 9.97 Å². The number of benzene rings is 1. The lowest BCUT2D eigenvalue weighted by Crippen LogP contribution is -2.13. The highest BCUT2D eigenvalue weighted by Gasteiger charge is 2.15. The molecule has 1 N–H and O–H groups in total. The predicted molar refractivity (Wildman–Crippen MR) is 109 cm³/mol. The molecule has 3 aromatic heterocycles. The minimum atomic E-state index is -0.290. The molecule has 0 saturated heterocycles. The summed E-state index contributed by atoms with van der Waals surface area (Å²) in [5.41, 5.74) is 2.40. The van der Waals surface area contributed by atoms with E-state index in [0.29, 0.717) is 22.3 Å². The number of pyridine rings is 1. The lowest BCUT2D eigenvalue weighted by atomic mass is 10.2.